The average Bonchev–Trinajstić information content (AvgIpc) is 2.58. The van der Waals surface area contributed by atoms with Crippen molar-refractivity contribution in [2.24, 2.45) is 0 Å². The first-order chi connectivity index (χ1) is 11.1. The van der Waals surface area contributed by atoms with Gasteiger partial charge in [0.1, 0.15) is 0 Å². The molecule has 0 fully saturated rings. The molecule has 0 saturated heterocycles. The Labute approximate surface area is 139 Å². The van der Waals surface area contributed by atoms with E-state index in [1.54, 1.807) is 7.11 Å². The van der Waals surface area contributed by atoms with Gasteiger partial charge in [0.15, 0.2) is 11.5 Å². The number of anilines is 1. The van der Waals surface area contributed by atoms with Gasteiger partial charge in [-0.3, -0.25) is 0 Å². The summed E-state index contributed by atoms with van der Waals surface area (Å²) in [5.41, 5.74) is 3.65. The number of nitrogens with one attached hydrogen (secondary N) is 1. The van der Waals surface area contributed by atoms with Gasteiger partial charge in [-0.1, -0.05) is 39.0 Å². The molecule has 2 aromatic carbocycles. The van der Waals surface area contributed by atoms with Crippen molar-refractivity contribution in [3.63, 3.8) is 0 Å². The molecule has 1 N–H and O–H groups in total. The highest BCUT2D eigenvalue weighted by Gasteiger charge is 2.06. The van der Waals surface area contributed by atoms with Gasteiger partial charge < -0.3 is 14.8 Å². The summed E-state index contributed by atoms with van der Waals surface area (Å²) in [5.74, 6) is 2.15. The average molecular weight is 313 g/mol. The van der Waals surface area contributed by atoms with Crippen LogP contribution in [0.1, 0.15) is 44.2 Å². The van der Waals surface area contributed by atoms with Crippen molar-refractivity contribution in [1.29, 1.82) is 0 Å². The first kappa shape index (κ1) is 17.2. The number of benzene rings is 2. The van der Waals surface area contributed by atoms with E-state index in [-0.39, 0.29) is 0 Å². The van der Waals surface area contributed by atoms with Crippen molar-refractivity contribution >= 4 is 5.69 Å². The predicted octanol–water partition coefficient (Wildman–Crippen LogP) is 5.22. The number of hydrogen-bond acceptors (Lipinski definition) is 3. The summed E-state index contributed by atoms with van der Waals surface area (Å²) in [6.07, 6.45) is 0.985. The Kier molecular flexibility index (Phi) is 6.33. The fourth-order valence-corrected chi connectivity index (χ4v) is 2.34. The van der Waals surface area contributed by atoms with E-state index in [1.165, 1.54) is 11.1 Å². The lowest BCUT2D eigenvalue weighted by Crippen LogP contribution is -2.02. The smallest absolute Gasteiger partial charge is 0.161 e. The predicted molar refractivity (Wildman–Crippen MR) is 96.6 cm³/mol. The van der Waals surface area contributed by atoms with Crippen LogP contribution in [0.25, 0.3) is 0 Å². The van der Waals surface area contributed by atoms with Gasteiger partial charge >= 0.3 is 0 Å². The maximum Gasteiger partial charge on any atom is 0.161 e. The van der Waals surface area contributed by atoms with Crippen molar-refractivity contribution < 1.29 is 9.47 Å². The number of methoxy groups -OCH3 is 1. The van der Waals surface area contributed by atoms with Gasteiger partial charge in [-0.05, 0) is 47.7 Å². The topological polar surface area (TPSA) is 30.5 Å². The minimum atomic E-state index is 0.559. The minimum Gasteiger partial charge on any atom is -0.493 e. The Morgan fingerprint density at radius 1 is 1.00 bits per heavy atom. The Bertz CT molecular complexity index is 606. The Morgan fingerprint density at radius 3 is 2.35 bits per heavy atom. The van der Waals surface area contributed by atoms with Gasteiger partial charge in [-0.25, -0.2) is 0 Å². The molecule has 0 radical (unpaired) electrons. The van der Waals surface area contributed by atoms with Gasteiger partial charge in [-0.2, -0.15) is 0 Å². The molecule has 2 aromatic rings. The van der Waals surface area contributed by atoms with E-state index >= 15 is 0 Å². The van der Waals surface area contributed by atoms with Crippen molar-refractivity contribution in [1.82, 2.24) is 0 Å². The second-order valence-corrected chi connectivity index (χ2v) is 5.96. The molecule has 0 aliphatic heterocycles. The van der Waals surface area contributed by atoms with E-state index < -0.39 is 0 Å². The van der Waals surface area contributed by atoms with Gasteiger partial charge in [0.25, 0.3) is 0 Å². The zero-order valence-corrected chi connectivity index (χ0v) is 14.6. The molecule has 0 amide bonds. The van der Waals surface area contributed by atoms with Crippen LogP contribution in [-0.4, -0.2) is 13.7 Å². The van der Waals surface area contributed by atoms with Crippen molar-refractivity contribution in [3.05, 3.63) is 53.6 Å². The second kappa shape index (κ2) is 8.47. The van der Waals surface area contributed by atoms with Crippen LogP contribution in [0.3, 0.4) is 0 Å². The van der Waals surface area contributed by atoms with Crippen LogP contribution in [0.2, 0.25) is 0 Å². The Balaban J connectivity index is 1.99. The first-order valence-corrected chi connectivity index (χ1v) is 8.27. The molecule has 2 rings (SSSR count). The van der Waals surface area contributed by atoms with Crippen LogP contribution >= 0.6 is 0 Å². The van der Waals surface area contributed by atoms with E-state index in [4.69, 9.17) is 9.47 Å². The summed E-state index contributed by atoms with van der Waals surface area (Å²) in [6.45, 7) is 7.96. The van der Waals surface area contributed by atoms with Crippen LogP contribution in [0.5, 0.6) is 11.5 Å². The van der Waals surface area contributed by atoms with Gasteiger partial charge in [0.2, 0.25) is 0 Å². The van der Waals surface area contributed by atoms with Gasteiger partial charge in [-0.15, -0.1) is 0 Å². The SMILES string of the molecule is CCCOc1ccc(CNc2ccc(C(C)C)cc2)cc1OC. The third-order valence-electron chi connectivity index (χ3n) is 3.76. The number of hydrogen-bond donors (Lipinski definition) is 1. The molecule has 0 heterocycles. The van der Waals surface area contributed by atoms with Crippen molar-refractivity contribution in [2.75, 3.05) is 19.0 Å². The molecule has 3 heteroatoms. The normalized spacial score (nSPS) is 10.7. The highest BCUT2D eigenvalue weighted by molar-refractivity contribution is 5.47. The van der Waals surface area contributed by atoms with Crippen LogP contribution < -0.4 is 14.8 Å². The summed E-state index contributed by atoms with van der Waals surface area (Å²) < 4.78 is 11.1. The summed E-state index contributed by atoms with van der Waals surface area (Å²) in [5, 5.41) is 3.44. The second-order valence-electron chi connectivity index (χ2n) is 5.96. The van der Waals surface area contributed by atoms with E-state index in [1.807, 2.05) is 12.1 Å². The minimum absolute atomic E-state index is 0.559. The van der Waals surface area contributed by atoms with Crippen LogP contribution in [0.4, 0.5) is 5.69 Å². The molecule has 0 spiro atoms. The van der Waals surface area contributed by atoms with Crippen LogP contribution in [-0.2, 0) is 6.54 Å². The maximum atomic E-state index is 5.69. The lowest BCUT2D eigenvalue weighted by Gasteiger charge is -2.13. The summed E-state index contributed by atoms with van der Waals surface area (Å²) in [6, 6.07) is 14.7. The molecule has 3 nitrogen and oxygen atoms in total. The zero-order valence-electron chi connectivity index (χ0n) is 14.6. The van der Waals surface area contributed by atoms with E-state index in [9.17, 15) is 0 Å². The fourth-order valence-electron chi connectivity index (χ4n) is 2.34. The molecular formula is C20H27NO2. The van der Waals surface area contributed by atoms with Crippen LogP contribution in [0, 0.1) is 0 Å². The highest BCUT2D eigenvalue weighted by atomic mass is 16.5. The Hall–Kier alpha value is -2.16. The molecule has 0 aliphatic rings. The lowest BCUT2D eigenvalue weighted by atomic mass is 10.0. The molecule has 0 aliphatic carbocycles. The third-order valence-corrected chi connectivity index (χ3v) is 3.76. The van der Waals surface area contributed by atoms with Gasteiger partial charge in [0.05, 0.1) is 13.7 Å². The first-order valence-electron chi connectivity index (χ1n) is 8.27. The summed E-state index contributed by atoms with van der Waals surface area (Å²) >= 11 is 0. The largest absolute Gasteiger partial charge is 0.493 e. The zero-order chi connectivity index (χ0) is 16.7. The van der Waals surface area contributed by atoms with E-state index in [0.29, 0.717) is 12.5 Å². The quantitative estimate of drug-likeness (QED) is 0.725. The number of rotatable bonds is 8. The monoisotopic (exact) mass is 313 g/mol. The fraction of sp³-hybridized carbons (Fsp3) is 0.400. The molecule has 0 atom stereocenters. The lowest BCUT2D eigenvalue weighted by molar-refractivity contribution is 0.294. The number of ether oxygens (including phenoxy) is 2. The molecule has 0 aromatic heterocycles. The third kappa shape index (κ3) is 4.92. The van der Waals surface area contributed by atoms with Gasteiger partial charge in [0, 0.05) is 12.2 Å². The molecule has 0 saturated carbocycles. The van der Waals surface area contributed by atoms with Crippen molar-refractivity contribution in [2.45, 2.75) is 39.7 Å². The standard InChI is InChI=1S/C20H27NO2/c1-5-12-23-19-11-6-16(13-20(19)22-4)14-21-18-9-7-17(8-10-18)15(2)3/h6-11,13,15,21H,5,12,14H2,1-4H3. The summed E-state index contributed by atoms with van der Waals surface area (Å²) in [4.78, 5) is 0. The molecule has 124 valence electrons. The summed E-state index contributed by atoms with van der Waals surface area (Å²) in [7, 11) is 1.68. The highest BCUT2D eigenvalue weighted by Crippen LogP contribution is 2.28. The van der Waals surface area contributed by atoms with E-state index in [0.717, 1.165) is 30.2 Å². The Morgan fingerprint density at radius 2 is 1.74 bits per heavy atom. The van der Waals surface area contributed by atoms with Crippen molar-refractivity contribution in [3.8, 4) is 11.5 Å². The molecule has 0 unspecified atom stereocenters. The molecular weight excluding hydrogens is 286 g/mol. The molecule has 23 heavy (non-hydrogen) atoms. The van der Waals surface area contributed by atoms with E-state index in [2.05, 4.69) is 56.4 Å². The molecule has 0 bridgehead atoms. The van der Waals surface area contributed by atoms with Crippen LogP contribution in [0.15, 0.2) is 42.5 Å². The maximum absolute atomic E-state index is 5.69.